The van der Waals surface area contributed by atoms with E-state index in [9.17, 15) is 9.59 Å². The number of thiophene rings is 1. The Hall–Kier alpha value is -3.31. The van der Waals surface area contributed by atoms with Gasteiger partial charge in [-0.15, -0.1) is 21.5 Å². The minimum Gasteiger partial charge on any atom is -0.464 e. The van der Waals surface area contributed by atoms with E-state index in [1.165, 1.54) is 23.9 Å². The SMILES string of the molecule is CCOC(=O)c1c(-c2ccco2)csc1NC(=O)CSc1nnc(-c2ccco2)o1. The van der Waals surface area contributed by atoms with Gasteiger partial charge in [0.2, 0.25) is 5.91 Å². The molecule has 0 spiro atoms. The molecule has 4 aromatic heterocycles. The van der Waals surface area contributed by atoms with Crippen LogP contribution in [0, 0.1) is 0 Å². The maximum atomic E-state index is 12.5. The molecule has 0 fully saturated rings. The van der Waals surface area contributed by atoms with Crippen LogP contribution in [0.4, 0.5) is 5.00 Å². The number of hydrogen-bond acceptors (Lipinski definition) is 10. The molecule has 1 N–H and O–H groups in total. The van der Waals surface area contributed by atoms with Crippen molar-refractivity contribution in [2.24, 2.45) is 0 Å². The lowest BCUT2D eigenvalue weighted by molar-refractivity contribution is -0.113. The topological polar surface area (TPSA) is 121 Å². The number of rotatable bonds is 8. The lowest BCUT2D eigenvalue weighted by atomic mass is 10.1. The number of nitrogens with one attached hydrogen (secondary N) is 1. The maximum Gasteiger partial charge on any atom is 0.341 e. The number of thioether (sulfide) groups is 1. The summed E-state index contributed by atoms with van der Waals surface area (Å²) in [6.45, 7) is 1.93. The summed E-state index contributed by atoms with van der Waals surface area (Å²) in [4.78, 5) is 24.9. The lowest BCUT2D eigenvalue weighted by Gasteiger charge is -2.07. The van der Waals surface area contributed by atoms with Crippen LogP contribution >= 0.6 is 23.1 Å². The van der Waals surface area contributed by atoms with Gasteiger partial charge in [0, 0.05) is 10.9 Å². The van der Waals surface area contributed by atoms with Crippen LogP contribution in [0.15, 0.2) is 60.6 Å². The van der Waals surface area contributed by atoms with Crippen molar-refractivity contribution in [3.05, 3.63) is 47.7 Å². The summed E-state index contributed by atoms with van der Waals surface area (Å²) in [6, 6.07) is 6.86. The van der Waals surface area contributed by atoms with Crippen LogP contribution in [0.3, 0.4) is 0 Å². The molecule has 4 rings (SSSR count). The number of ether oxygens (including phenoxy) is 1. The highest BCUT2D eigenvalue weighted by molar-refractivity contribution is 7.99. The van der Waals surface area contributed by atoms with Gasteiger partial charge >= 0.3 is 5.97 Å². The quantitative estimate of drug-likeness (QED) is 0.307. The van der Waals surface area contributed by atoms with Gasteiger partial charge < -0.3 is 23.3 Å². The van der Waals surface area contributed by atoms with E-state index in [0.717, 1.165) is 11.8 Å². The average molecular weight is 445 g/mol. The number of aromatic nitrogens is 2. The molecule has 0 aromatic carbocycles. The van der Waals surface area contributed by atoms with Gasteiger partial charge in [-0.05, 0) is 31.2 Å². The molecule has 154 valence electrons. The van der Waals surface area contributed by atoms with Crippen LogP contribution in [0.2, 0.25) is 0 Å². The summed E-state index contributed by atoms with van der Waals surface area (Å²) in [5.74, 6) is 0.330. The van der Waals surface area contributed by atoms with E-state index in [1.807, 2.05) is 0 Å². The second-order valence-corrected chi connectivity index (χ2v) is 7.54. The normalized spacial score (nSPS) is 10.8. The van der Waals surface area contributed by atoms with E-state index in [2.05, 4.69) is 15.5 Å². The Bertz CT molecular complexity index is 1130. The zero-order valence-electron chi connectivity index (χ0n) is 15.6. The highest BCUT2D eigenvalue weighted by Gasteiger charge is 2.24. The van der Waals surface area contributed by atoms with Crippen molar-refractivity contribution in [2.45, 2.75) is 12.1 Å². The first kappa shape index (κ1) is 20.0. The Morgan fingerprint density at radius 2 is 1.93 bits per heavy atom. The van der Waals surface area contributed by atoms with Crippen molar-refractivity contribution < 1.29 is 27.6 Å². The van der Waals surface area contributed by atoms with E-state index in [0.29, 0.717) is 22.1 Å². The number of carbonyl (C=O) groups excluding carboxylic acids is 2. The number of furan rings is 2. The monoisotopic (exact) mass is 445 g/mol. The summed E-state index contributed by atoms with van der Waals surface area (Å²) < 4.78 is 21.2. The summed E-state index contributed by atoms with van der Waals surface area (Å²) >= 11 is 2.29. The van der Waals surface area contributed by atoms with Gasteiger partial charge in [0.25, 0.3) is 11.1 Å². The number of anilines is 1. The van der Waals surface area contributed by atoms with Crippen molar-refractivity contribution in [1.82, 2.24) is 10.2 Å². The molecule has 0 unspecified atom stereocenters. The number of nitrogens with zero attached hydrogens (tertiary/aromatic N) is 2. The smallest absolute Gasteiger partial charge is 0.341 e. The highest BCUT2D eigenvalue weighted by atomic mass is 32.2. The maximum absolute atomic E-state index is 12.5. The fourth-order valence-corrected chi connectivity index (χ4v) is 4.04. The Kier molecular flexibility index (Phi) is 6.00. The van der Waals surface area contributed by atoms with Crippen molar-refractivity contribution >= 4 is 40.0 Å². The predicted octanol–water partition coefficient (Wildman–Crippen LogP) is 4.56. The molecular formula is C19H15N3O6S2. The van der Waals surface area contributed by atoms with E-state index >= 15 is 0 Å². The van der Waals surface area contributed by atoms with Crippen LogP contribution in [-0.2, 0) is 9.53 Å². The Morgan fingerprint density at radius 3 is 2.63 bits per heavy atom. The van der Waals surface area contributed by atoms with Gasteiger partial charge in [-0.25, -0.2) is 4.79 Å². The van der Waals surface area contributed by atoms with Crippen molar-refractivity contribution in [1.29, 1.82) is 0 Å². The summed E-state index contributed by atoms with van der Waals surface area (Å²) in [6.07, 6.45) is 3.01. The molecule has 0 saturated carbocycles. The number of hydrogen-bond donors (Lipinski definition) is 1. The molecule has 0 aliphatic rings. The molecule has 1 amide bonds. The van der Waals surface area contributed by atoms with Gasteiger partial charge in [0.05, 0.1) is 24.9 Å². The fourth-order valence-electron chi connectivity index (χ4n) is 2.53. The van der Waals surface area contributed by atoms with E-state index in [4.69, 9.17) is 18.0 Å². The molecule has 0 atom stereocenters. The Labute approximate surface area is 178 Å². The number of carbonyl (C=O) groups is 2. The first-order valence-electron chi connectivity index (χ1n) is 8.78. The summed E-state index contributed by atoms with van der Waals surface area (Å²) in [5.41, 5.74) is 0.819. The number of amides is 1. The van der Waals surface area contributed by atoms with Crippen molar-refractivity contribution in [3.63, 3.8) is 0 Å². The van der Waals surface area contributed by atoms with Crippen LogP contribution in [0.1, 0.15) is 17.3 Å². The molecule has 0 bridgehead atoms. The summed E-state index contributed by atoms with van der Waals surface area (Å²) in [5, 5.41) is 12.8. The van der Waals surface area contributed by atoms with Gasteiger partial charge in [-0.2, -0.15) is 0 Å². The van der Waals surface area contributed by atoms with Crippen LogP contribution in [0.5, 0.6) is 0 Å². The van der Waals surface area contributed by atoms with E-state index in [1.54, 1.807) is 36.6 Å². The Balaban J connectivity index is 1.45. The molecule has 0 saturated heterocycles. The van der Waals surface area contributed by atoms with E-state index in [-0.39, 0.29) is 34.9 Å². The van der Waals surface area contributed by atoms with Crippen LogP contribution in [-0.4, -0.2) is 34.4 Å². The molecule has 11 heteroatoms. The molecule has 9 nitrogen and oxygen atoms in total. The molecule has 4 heterocycles. The zero-order chi connectivity index (χ0) is 20.9. The summed E-state index contributed by atoms with van der Waals surface area (Å²) in [7, 11) is 0. The number of esters is 1. The third kappa shape index (κ3) is 4.31. The molecule has 4 aromatic rings. The largest absolute Gasteiger partial charge is 0.464 e. The van der Waals surface area contributed by atoms with Gasteiger partial charge in [0.15, 0.2) is 5.76 Å². The minimum atomic E-state index is -0.534. The standard InChI is InChI=1S/C19H15N3O6S2/c1-2-25-18(24)15-11(12-5-3-7-26-12)9-29-17(15)20-14(23)10-30-19-22-21-16(28-19)13-6-4-8-27-13/h3-9H,2,10H2,1H3,(H,20,23). The van der Waals surface area contributed by atoms with Gasteiger partial charge in [-0.1, -0.05) is 11.8 Å². The van der Waals surface area contributed by atoms with Crippen LogP contribution in [0.25, 0.3) is 23.0 Å². The van der Waals surface area contributed by atoms with Crippen molar-refractivity contribution in [2.75, 3.05) is 17.7 Å². The van der Waals surface area contributed by atoms with E-state index < -0.39 is 5.97 Å². The highest BCUT2D eigenvalue weighted by Crippen LogP contribution is 2.36. The second kappa shape index (κ2) is 9.01. The molecule has 0 aliphatic carbocycles. The molecular weight excluding hydrogens is 430 g/mol. The average Bonchev–Trinajstić information content (AvgIpc) is 3.53. The predicted molar refractivity (Wildman–Crippen MR) is 109 cm³/mol. The third-order valence-corrected chi connectivity index (χ3v) is 5.49. The fraction of sp³-hybridized carbons (Fsp3) is 0.158. The first-order chi connectivity index (χ1) is 14.7. The third-order valence-electron chi connectivity index (χ3n) is 3.78. The first-order valence-corrected chi connectivity index (χ1v) is 10.6. The van der Waals surface area contributed by atoms with Gasteiger partial charge in [-0.3, -0.25) is 4.79 Å². The second-order valence-electron chi connectivity index (χ2n) is 5.74. The molecule has 30 heavy (non-hydrogen) atoms. The molecule has 0 aliphatic heterocycles. The van der Waals surface area contributed by atoms with Crippen molar-refractivity contribution in [3.8, 4) is 23.0 Å². The Morgan fingerprint density at radius 1 is 1.17 bits per heavy atom. The van der Waals surface area contributed by atoms with Gasteiger partial charge in [0.1, 0.15) is 16.3 Å². The lowest BCUT2D eigenvalue weighted by Crippen LogP contribution is -2.16. The zero-order valence-corrected chi connectivity index (χ0v) is 17.2. The van der Waals surface area contributed by atoms with Crippen LogP contribution < -0.4 is 5.32 Å². The minimum absolute atomic E-state index is 0.00996. The molecule has 0 radical (unpaired) electrons.